The molecule has 1 aromatic carbocycles. The summed E-state index contributed by atoms with van der Waals surface area (Å²) in [5.41, 5.74) is 11.8. The molecule has 4 N–H and O–H groups in total. The second kappa shape index (κ2) is 9.41. The highest BCUT2D eigenvalue weighted by Gasteiger charge is 2.22. The fourth-order valence-electron chi connectivity index (χ4n) is 1.81. The Morgan fingerprint density at radius 3 is 1.70 bits per heavy atom. The highest BCUT2D eigenvalue weighted by atomic mass is 35.5. The topological polar surface area (TPSA) is 111 Å². The summed E-state index contributed by atoms with van der Waals surface area (Å²) in [5.74, 6) is 0.351. The van der Waals surface area contributed by atoms with Crippen LogP contribution in [0.15, 0.2) is 18.2 Å². The zero-order valence-corrected chi connectivity index (χ0v) is 14.0. The van der Waals surface area contributed by atoms with Crippen LogP contribution in [0.2, 0.25) is 0 Å². The molecule has 0 saturated heterocycles. The van der Waals surface area contributed by atoms with Crippen LogP contribution in [0.1, 0.15) is 5.56 Å². The van der Waals surface area contributed by atoms with Crippen LogP contribution in [0.5, 0.6) is 0 Å². The van der Waals surface area contributed by atoms with Crippen LogP contribution in [0.3, 0.4) is 0 Å². The van der Waals surface area contributed by atoms with Crippen molar-refractivity contribution in [3.8, 4) is 0 Å². The van der Waals surface area contributed by atoms with Crippen molar-refractivity contribution in [2.45, 2.75) is 6.92 Å². The standard InChI is InChI=1S/C13H18Cl2N4O4/c1-9-10(18(12(16)20)22-7-5-14)3-2-4-11(9)19(13(17)21)23-8-6-15/h2-4H,5-8H2,1H3,(H2,16,20)(H2,17,21). The first-order valence-electron chi connectivity index (χ1n) is 6.60. The van der Waals surface area contributed by atoms with Gasteiger partial charge in [0.15, 0.2) is 0 Å². The number of hydroxylamine groups is 2. The maximum Gasteiger partial charge on any atom is 0.343 e. The number of urea groups is 2. The molecule has 0 radical (unpaired) electrons. The lowest BCUT2D eigenvalue weighted by atomic mass is 10.1. The fourth-order valence-corrected chi connectivity index (χ4v) is 1.95. The van der Waals surface area contributed by atoms with E-state index in [1.807, 2.05) is 0 Å². The zero-order chi connectivity index (χ0) is 17.4. The van der Waals surface area contributed by atoms with E-state index < -0.39 is 12.1 Å². The van der Waals surface area contributed by atoms with Crippen LogP contribution in [-0.4, -0.2) is 37.0 Å². The Balaban J connectivity index is 3.21. The number of nitrogens with zero attached hydrogens (tertiary/aromatic N) is 2. The van der Waals surface area contributed by atoms with Gasteiger partial charge in [-0.15, -0.1) is 23.2 Å². The predicted molar refractivity (Wildman–Crippen MR) is 88.6 cm³/mol. The van der Waals surface area contributed by atoms with Crippen molar-refractivity contribution in [2.24, 2.45) is 11.5 Å². The van der Waals surface area contributed by atoms with Crippen molar-refractivity contribution >= 4 is 46.6 Å². The molecule has 1 aromatic rings. The van der Waals surface area contributed by atoms with Gasteiger partial charge in [-0.05, 0) is 19.1 Å². The summed E-state index contributed by atoms with van der Waals surface area (Å²) in [7, 11) is 0. The molecule has 0 aliphatic rings. The van der Waals surface area contributed by atoms with Crippen LogP contribution >= 0.6 is 23.2 Å². The highest BCUT2D eigenvalue weighted by Crippen LogP contribution is 2.30. The van der Waals surface area contributed by atoms with E-state index in [2.05, 4.69) is 0 Å². The minimum atomic E-state index is -0.831. The number of primary amides is 2. The molecule has 0 bridgehead atoms. The number of benzene rings is 1. The van der Waals surface area contributed by atoms with Crippen molar-refractivity contribution in [1.82, 2.24) is 0 Å². The highest BCUT2D eigenvalue weighted by molar-refractivity contribution is 6.18. The second-order valence-corrected chi connectivity index (χ2v) is 4.99. The van der Waals surface area contributed by atoms with Gasteiger partial charge in [0.2, 0.25) is 0 Å². The molecule has 1 rings (SSSR count). The van der Waals surface area contributed by atoms with E-state index in [-0.39, 0.29) is 25.0 Å². The minimum Gasteiger partial charge on any atom is -0.349 e. The minimum absolute atomic E-state index is 0.0798. The molecular weight excluding hydrogens is 347 g/mol. The first-order valence-corrected chi connectivity index (χ1v) is 7.67. The maximum atomic E-state index is 11.6. The molecule has 128 valence electrons. The average molecular weight is 365 g/mol. The van der Waals surface area contributed by atoms with Gasteiger partial charge in [0.05, 0.1) is 24.6 Å². The molecule has 0 spiro atoms. The number of carbonyl (C=O) groups is 2. The summed E-state index contributed by atoms with van der Waals surface area (Å²) in [4.78, 5) is 33.6. The quantitative estimate of drug-likeness (QED) is 0.543. The lowest BCUT2D eigenvalue weighted by Crippen LogP contribution is -2.39. The maximum absolute atomic E-state index is 11.6. The molecular formula is C13H18Cl2N4O4. The van der Waals surface area contributed by atoms with Crippen LogP contribution in [0.4, 0.5) is 21.0 Å². The Bertz CT molecular complexity index is 515. The fraction of sp³-hybridized carbons (Fsp3) is 0.385. The Labute approximate surface area is 143 Å². The van der Waals surface area contributed by atoms with Crippen molar-refractivity contribution in [1.29, 1.82) is 0 Å². The van der Waals surface area contributed by atoms with Gasteiger partial charge >= 0.3 is 12.1 Å². The third-order valence-corrected chi connectivity index (χ3v) is 3.02. The van der Waals surface area contributed by atoms with Gasteiger partial charge < -0.3 is 11.5 Å². The molecule has 0 heterocycles. The number of anilines is 2. The van der Waals surface area contributed by atoms with Gasteiger partial charge in [0, 0.05) is 17.3 Å². The number of hydrogen-bond acceptors (Lipinski definition) is 4. The van der Waals surface area contributed by atoms with Crippen LogP contribution in [-0.2, 0) is 9.68 Å². The summed E-state index contributed by atoms with van der Waals surface area (Å²) in [5, 5.41) is 1.78. The molecule has 10 heteroatoms. The summed E-state index contributed by atoms with van der Waals surface area (Å²) in [6.07, 6.45) is 0. The largest absolute Gasteiger partial charge is 0.349 e. The van der Waals surface area contributed by atoms with E-state index in [1.165, 1.54) is 0 Å². The normalized spacial score (nSPS) is 10.4. The number of carbonyl (C=O) groups excluding carboxylic acids is 2. The van der Waals surface area contributed by atoms with E-state index in [0.29, 0.717) is 16.9 Å². The molecule has 0 saturated carbocycles. The summed E-state index contributed by atoms with van der Waals surface area (Å²) >= 11 is 11.1. The monoisotopic (exact) mass is 364 g/mol. The summed E-state index contributed by atoms with van der Waals surface area (Å²) in [6, 6.07) is 3.12. The van der Waals surface area contributed by atoms with E-state index >= 15 is 0 Å². The Kier molecular flexibility index (Phi) is 7.90. The van der Waals surface area contributed by atoms with Crippen LogP contribution in [0.25, 0.3) is 0 Å². The molecule has 23 heavy (non-hydrogen) atoms. The molecule has 0 unspecified atom stereocenters. The first-order chi connectivity index (χ1) is 10.9. The molecule has 4 amide bonds. The van der Waals surface area contributed by atoms with Gasteiger partial charge in [0.1, 0.15) is 0 Å². The number of hydrogen-bond donors (Lipinski definition) is 2. The van der Waals surface area contributed by atoms with E-state index in [1.54, 1.807) is 25.1 Å². The molecule has 0 aliphatic carbocycles. The first kappa shape index (κ1) is 19.3. The van der Waals surface area contributed by atoms with Gasteiger partial charge in [-0.2, -0.15) is 10.1 Å². The second-order valence-electron chi connectivity index (χ2n) is 4.23. The Hall–Kier alpha value is -1.74. The number of alkyl halides is 2. The number of amides is 4. The lowest BCUT2D eigenvalue weighted by molar-refractivity contribution is 0.129. The molecule has 0 aromatic heterocycles. The Morgan fingerprint density at radius 2 is 1.39 bits per heavy atom. The smallest absolute Gasteiger partial charge is 0.343 e. The molecule has 0 fully saturated rings. The van der Waals surface area contributed by atoms with Crippen LogP contribution < -0.4 is 21.6 Å². The van der Waals surface area contributed by atoms with Crippen molar-refractivity contribution in [3.05, 3.63) is 23.8 Å². The van der Waals surface area contributed by atoms with Crippen LogP contribution in [0, 0.1) is 6.92 Å². The van der Waals surface area contributed by atoms with Gasteiger partial charge in [-0.25, -0.2) is 9.59 Å². The third kappa shape index (κ3) is 5.14. The van der Waals surface area contributed by atoms with Crippen molar-refractivity contribution < 1.29 is 19.3 Å². The van der Waals surface area contributed by atoms with E-state index in [9.17, 15) is 9.59 Å². The number of rotatable bonds is 8. The van der Waals surface area contributed by atoms with Gasteiger partial charge in [0.25, 0.3) is 0 Å². The van der Waals surface area contributed by atoms with Crippen molar-refractivity contribution in [3.63, 3.8) is 0 Å². The summed E-state index contributed by atoms with van der Waals surface area (Å²) in [6.45, 7) is 1.82. The zero-order valence-electron chi connectivity index (χ0n) is 12.5. The van der Waals surface area contributed by atoms with Gasteiger partial charge in [-0.1, -0.05) is 6.07 Å². The SMILES string of the molecule is Cc1c(N(OCCCl)C(N)=O)cccc1N(OCCCl)C(N)=O. The average Bonchev–Trinajstić information content (AvgIpc) is 2.50. The number of halogens is 2. The molecule has 8 nitrogen and oxygen atoms in total. The Morgan fingerprint density at radius 1 is 1.00 bits per heavy atom. The third-order valence-electron chi connectivity index (χ3n) is 2.71. The van der Waals surface area contributed by atoms with E-state index in [0.717, 1.165) is 10.1 Å². The summed E-state index contributed by atoms with van der Waals surface area (Å²) < 4.78 is 0. The van der Waals surface area contributed by atoms with Crippen molar-refractivity contribution in [2.75, 3.05) is 35.1 Å². The van der Waals surface area contributed by atoms with Gasteiger partial charge in [-0.3, -0.25) is 9.68 Å². The lowest BCUT2D eigenvalue weighted by Gasteiger charge is -2.26. The number of nitrogens with two attached hydrogens (primary N) is 2. The van der Waals surface area contributed by atoms with E-state index in [4.69, 9.17) is 44.3 Å². The molecule has 0 aliphatic heterocycles. The molecule has 0 atom stereocenters. The predicted octanol–water partition coefficient (Wildman–Crippen LogP) is 2.11.